The Morgan fingerprint density at radius 2 is 0.841 bits per heavy atom. The van der Waals surface area contributed by atoms with Crippen molar-refractivity contribution in [2.45, 2.75) is 257 Å². The number of esters is 2. The van der Waals surface area contributed by atoms with Crippen LogP contribution in [0.25, 0.3) is 0 Å². The van der Waals surface area contributed by atoms with Gasteiger partial charge in [-0.1, -0.05) is 192 Å². The first-order valence-corrected chi connectivity index (χ1v) is 26.5. The van der Waals surface area contributed by atoms with Crippen LogP contribution < -0.4 is 5.11 Å². The standard InChI is InChI=1S/C55H101NO7/c1-6-8-10-12-14-16-18-20-22-24-25-26-27-28-29-30-32-34-36-38-40-42-44-46-54(58)63-51(49-61-48-47-52(55(59)60)56(3,4)5)50-62-53(57)45-43-41-39-37-35-33-31-23-21-19-17-15-13-11-9-7-2/h23,25-26,28-29,31,51-52H,6-22,24,27,30,32-50H2,1-5H3/b26-25+,29-28+,31-23+. The number of aliphatic carboxylic acids is 1. The van der Waals surface area contributed by atoms with Crippen LogP contribution in [-0.4, -0.2) is 75.5 Å². The molecule has 8 heteroatoms. The molecule has 368 valence electrons. The summed E-state index contributed by atoms with van der Waals surface area (Å²) in [5, 5.41) is 11.7. The molecular weight excluding hydrogens is 787 g/mol. The van der Waals surface area contributed by atoms with E-state index in [-0.39, 0.29) is 42.7 Å². The van der Waals surface area contributed by atoms with E-state index in [1.54, 1.807) is 21.1 Å². The highest BCUT2D eigenvalue weighted by atomic mass is 16.6. The Hall–Kier alpha value is -2.45. The molecule has 0 aromatic heterocycles. The second-order valence-electron chi connectivity index (χ2n) is 19.1. The van der Waals surface area contributed by atoms with Crippen LogP contribution in [-0.2, 0) is 28.6 Å². The minimum absolute atomic E-state index is 0.0364. The highest BCUT2D eigenvalue weighted by Crippen LogP contribution is 2.15. The number of hydrogen-bond donors (Lipinski definition) is 0. The number of hydrogen-bond acceptors (Lipinski definition) is 7. The number of ether oxygens (including phenoxy) is 3. The summed E-state index contributed by atoms with van der Waals surface area (Å²) in [5.74, 6) is -1.75. The fraction of sp³-hybridized carbons (Fsp3) is 0.836. The molecule has 63 heavy (non-hydrogen) atoms. The van der Waals surface area contributed by atoms with E-state index in [9.17, 15) is 19.5 Å². The first-order chi connectivity index (χ1) is 30.6. The van der Waals surface area contributed by atoms with Crippen molar-refractivity contribution >= 4 is 17.9 Å². The molecule has 0 aromatic carbocycles. The average molecular weight is 888 g/mol. The molecule has 0 radical (unpaired) electrons. The summed E-state index contributed by atoms with van der Waals surface area (Å²) >= 11 is 0. The van der Waals surface area contributed by atoms with Gasteiger partial charge >= 0.3 is 11.9 Å². The largest absolute Gasteiger partial charge is 0.544 e. The van der Waals surface area contributed by atoms with Crippen molar-refractivity contribution in [2.24, 2.45) is 0 Å². The first kappa shape index (κ1) is 60.5. The van der Waals surface area contributed by atoms with Gasteiger partial charge in [0.15, 0.2) is 6.10 Å². The Bertz CT molecular complexity index is 1130. The Morgan fingerprint density at radius 3 is 1.24 bits per heavy atom. The maximum Gasteiger partial charge on any atom is 0.306 e. The quantitative estimate of drug-likeness (QED) is 0.0259. The van der Waals surface area contributed by atoms with E-state index in [4.69, 9.17) is 14.2 Å². The lowest BCUT2D eigenvalue weighted by molar-refractivity contribution is -0.889. The Morgan fingerprint density at radius 1 is 0.476 bits per heavy atom. The summed E-state index contributed by atoms with van der Waals surface area (Å²) in [4.78, 5) is 37.0. The van der Waals surface area contributed by atoms with E-state index in [1.165, 1.54) is 148 Å². The highest BCUT2D eigenvalue weighted by Gasteiger charge is 2.25. The fourth-order valence-corrected chi connectivity index (χ4v) is 7.86. The molecule has 0 saturated carbocycles. The monoisotopic (exact) mass is 888 g/mol. The van der Waals surface area contributed by atoms with Gasteiger partial charge in [0.1, 0.15) is 12.6 Å². The molecule has 0 aliphatic heterocycles. The van der Waals surface area contributed by atoms with Crippen molar-refractivity contribution in [3.63, 3.8) is 0 Å². The van der Waals surface area contributed by atoms with Gasteiger partial charge in [-0.05, 0) is 70.6 Å². The molecule has 0 fully saturated rings. The first-order valence-electron chi connectivity index (χ1n) is 26.5. The van der Waals surface area contributed by atoms with Crippen LogP contribution in [0.4, 0.5) is 0 Å². The fourth-order valence-electron chi connectivity index (χ4n) is 7.86. The van der Waals surface area contributed by atoms with E-state index >= 15 is 0 Å². The lowest BCUT2D eigenvalue weighted by Gasteiger charge is -2.34. The summed E-state index contributed by atoms with van der Waals surface area (Å²) in [6.45, 7) is 4.67. The summed E-state index contributed by atoms with van der Waals surface area (Å²) in [6, 6.07) is -0.728. The smallest absolute Gasteiger partial charge is 0.306 e. The van der Waals surface area contributed by atoms with E-state index in [1.807, 2.05) is 0 Å². The van der Waals surface area contributed by atoms with Gasteiger partial charge in [0.05, 0.1) is 40.3 Å². The van der Waals surface area contributed by atoms with Crippen molar-refractivity contribution in [1.82, 2.24) is 0 Å². The molecule has 2 unspecified atom stereocenters. The van der Waals surface area contributed by atoms with Gasteiger partial charge in [-0.2, -0.15) is 0 Å². The van der Waals surface area contributed by atoms with Crippen LogP contribution in [0.3, 0.4) is 0 Å². The lowest BCUT2D eigenvalue weighted by atomic mass is 10.1. The minimum Gasteiger partial charge on any atom is -0.544 e. The number of quaternary nitrogens is 1. The van der Waals surface area contributed by atoms with Gasteiger partial charge in [-0.15, -0.1) is 0 Å². The molecule has 0 amide bonds. The van der Waals surface area contributed by atoms with Crippen molar-refractivity contribution in [2.75, 3.05) is 41.0 Å². The molecule has 8 nitrogen and oxygen atoms in total. The van der Waals surface area contributed by atoms with Crippen LogP contribution in [0.2, 0.25) is 0 Å². The van der Waals surface area contributed by atoms with E-state index in [2.05, 4.69) is 50.3 Å². The number of rotatable bonds is 48. The Balaban J connectivity index is 4.24. The van der Waals surface area contributed by atoms with Gasteiger partial charge in [-0.25, -0.2) is 0 Å². The van der Waals surface area contributed by atoms with E-state index in [0.29, 0.717) is 12.8 Å². The van der Waals surface area contributed by atoms with Crippen LogP contribution in [0.15, 0.2) is 36.5 Å². The van der Waals surface area contributed by atoms with Crippen LogP contribution in [0, 0.1) is 0 Å². The molecule has 0 heterocycles. The van der Waals surface area contributed by atoms with Gasteiger partial charge in [0.2, 0.25) is 0 Å². The van der Waals surface area contributed by atoms with Crippen LogP contribution in [0.1, 0.15) is 245 Å². The minimum atomic E-state index is -1.13. The summed E-state index contributed by atoms with van der Waals surface area (Å²) in [6.07, 6.45) is 54.6. The highest BCUT2D eigenvalue weighted by molar-refractivity contribution is 5.70. The molecule has 0 rings (SSSR count). The van der Waals surface area contributed by atoms with Crippen molar-refractivity contribution in [1.29, 1.82) is 0 Å². The molecule has 0 N–H and O–H groups in total. The molecule has 0 aliphatic carbocycles. The molecule has 2 atom stereocenters. The summed E-state index contributed by atoms with van der Waals surface area (Å²) < 4.78 is 17.2. The summed E-state index contributed by atoms with van der Waals surface area (Å²) in [7, 11) is 5.41. The second-order valence-corrected chi connectivity index (χ2v) is 19.1. The molecule has 0 spiro atoms. The Kier molecular flexibility index (Phi) is 44.3. The molecule has 0 aromatic rings. The third-order valence-corrected chi connectivity index (χ3v) is 12.0. The predicted octanol–water partition coefficient (Wildman–Crippen LogP) is 14.0. The maximum atomic E-state index is 12.8. The van der Waals surface area contributed by atoms with E-state index in [0.717, 1.165) is 64.2 Å². The van der Waals surface area contributed by atoms with Crippen molar-refractivity contribution in [3.05, 3.63) is 36.5 Å². The number of carbonyl (C=O) groups is 3. The topological polar surface area (TPSA) is 102 Å². The average Bonchev–Trinajstić information content (AvgIpc) is 3.24. The summed E-state index contributed by atoms with van der Waals surface area (Å²) in [5.41, 5.74) is 0. The lowest BCUT2D eigenvalue weighted by Crippen LogP contribution is -2.55. The Labute approximate surface area is 389 Å². The second kappa shape index (κ2) is 46.1. The number of unbranched alkanes of at least 4 members (excludes halogenated alkanes) is 28. The zero-order valence-corrected chi connectivity index (χ0v) is 42.0. The van der Waals surface area contributed by atoms with Crippen molar-refractivity contribution in [3.8, 4) is 0 Å². The molecule has 0 saturated heterocycles. The number of carbonyl (C=O) groups excluding carboxylic acids is 3. The number of carboxylic acid groups (broad SMARTS) is 1. The molecule has 0 bridgehead atoms. The van der Waals surface area contributed by atoms with Gasteiger partial charge < -0.3 is 28.6 Å². The number of allylic oxidation sites excluding steroid dienone is 6. The number of nitrogens with zero attached hydrogens (tertiary/aromatic N) is 1. The van der Waals surface area contributed by atoms with Gasteiger partial charge in [0.25, 0.3) is 0 Å². The molecular formula is C55H101NO7. The van der Waals surface area contributed by atoms with E-state index < -0.39 is 18.1 Å². The number of carboxylic acids is 1. The normalized spacial score (nSPS) is 13.1. The zero-order valence-electron chi connectivity index (χ0n) is 42.0. The SMILES string of the molecule is CCCCCCCCC/C=C/CCCCCCCC(=O)OCC(COCCC(C(=O)[O-])[N+](C)(C)C)OC(=O)CCCCCCCCC/C=C/C/C=C/CCCCCCCCCCC. The van der Waals surface area contributed by atoms with Gasteiger partial charge in [0, 0.05) is 19.3 Å². The number of likely N-dealkylation sites (N-methyl/N-ethyl adjacent to an activating group) is 1. The zero-order chi connectivity index (χ0) is 46.3. The van der Waals surface area contributed by atoms with Crippen LogP contribution >= 0.6 is 0 Å². The maximum absolute atomic E-state index is 12.8. The van der Waals surface area contributed by atoms with Crippen molar-refractivity contribution < 1.29 is 38.2 Å². The predicted molar refractivity (Wildman–Crippen MR) is 263 cm³/mol. The van der Waals surface area contributed by atoms with Gasteiger partial charge in [-0.3, -0.25) is 9.59 Å². The third-order valence-electron chi connectivity index (χ3n) is 12.0. The third kappa shape index (κ3) is 44.5. The molecule has 0 aliphatic rings. The van der Waals surface area contributed by atoms with Crippen LogP contribution in [0.5, 0.6) is 0 Å².